The maximum Gasteiger partial charge on any atom is 0.237 e. The highest BCUT2D eigenvalue weighted by Gasteiger charge is 2.28. The maximum atomic E-state index is 12.0. The van der Waals surface area contributed by atoms with E-state index in [1.165, 1.54) is 0 Å². The van der Waals surface area contributed by atoms with Gasteiger partial charge in [-0.05, 0) is 33.6 Å². The highest BCUT2D eigenvalue weighted by atomic mass is 32.2. The number of carbonyl (C=O) groups excluding carboxylic acids is 1. The molecule has 1 atom stereocenters. The summed E-state index contributed by atoms with van der Waals surface area (Å²) in [6.07, 6.45) is 2.26. The van der Waals surface area contributed by atoms with Crippen molar-refractivity contribution in [1.82, 2.24) is 10.2 Å². The molecule has 18 heavy (non-hydrogen) atoms. The summed E-state index contributed by atoms with van der Waals surface area (Å²) in [6.45, 7) is 6.93. The molecular weight excluding hydrogens is 252 g/mol. The van der Waals surface area contributed by atoms with Crippen LogP contribution in [-0.4, -0.2) is 55.9 Å². The van der Waals surface area contributed by atoms with Crippen LogP contribution in [0, 0.1) is 0 Å². The fourth-order valence-electron chi connectivity index (χ4n) is 1.73. The number of nitrogens with one attached hydrogen (secondary N) is 1. The molecule has 1 amide bonds. The summed E-state index contributed by atoms with van der Waals surface area (Å²) >= 11 is 0. The minimum atomic E-state index is -3.35. The van der Waals surface area contributed by atoms with E-state index >= 15 is 0 Å². The second-order valence-corrected chi connectivity index (χ2v) is 7.29. The molecule has 1 unspecified atom stereocenters. The summed E-state index contributed by atoms with van der Waals surface area (Å²) in [5.74, 6) is -0.666. The van der Waals surface area contributed by atoms with E-state index in [4.69, 9.17) is 0 Å². The first-order chi connectivity index (χ1) is 8.40. The standard InChI is InChI=1S/C12H24N2O3S/c1-4-14(5-2)12(15)9-18(16,17)10(3)8-13-11-6-7-11/h10-11,13H,4-9H2,1-3H3. The zero-order valence-corrected chi connectivity index (χ0v) is 12.3. The van der Waals surface area contributed by atoms with Crippen molar-refractivity contribution < 1.29 is 13.2 Å². The summed E-state index contributed by atoms with van der Waals surface area (Å²) in [5.41, 5.74) is 0. The molecule has 0 aromatic heterocycles. The SMILES string of the molecule is CCN(CC)C(=O)CS(=O)(=O)C(C)CNC1CC1. The number of sulfone groups is 1. The molecule has 0 aliphatic heterocycles. The topological polar surface area (TPSA) is 66.5 Å². The average molecular weight is 276 g/mol. The summed E-state index contributed by atoms with van der Waals surface area (Å²) in [5, 5.41) is 2.69. The van der Waals surface area contributed by atoms with Crippen LogP contribution >= 0.6 is 0 Å². The van der Waals surface area contributed by atoms with Crippen molar-refractivity contribution in [1.29, 1.82) is 0 Å². The van der Waals surface area contributed by atoms with Crippen LogP contribution in [0.3, 0.4) is 0 Å². The number of carbonyl (C=O) groups is 1. The molecule has 0 radical (unpaired) electrons. The van der Waals surface area contributed by atoms with Crippen molar-refractivity contribution in [3.8, 4) is 0 Å². The van der Waals surface area contributed by atoms with Gasteiger partial charge in [-0.1, -0.05) is 0 Å². The Morgan fingerprint density at radius 2 is 1.89 bits per heavy atom. The van der Waals surface area contributed by atoms with Crippen LogP contribution in [-0.2, 0) is 14.6 Å². The van der Waals surface area contributed by atoms with Crippen LogP contribution in [0.15, 0.2) is 0 Å². The number of hydrogen-bond donors (Lipinski definition) is 1. The van der Waals surface area contributed by atoms with Gasteiger partial charge in [0.1, 0.15) is 5.75 Å². The molecule has 0 bridgehead atoms. The molecule has 1 aliphatic carbocycles. The Kier molecular flexibility index (Phi) is 5.59. The lowest BCUT2D eigenvalue weighted by atomic mass is 10.4. The van der Waals surface area contributed by atoms with E-state index in [2.05, 4.69) is 5.32 Å². The summed E-state index contributed by atoms with van der Waals surface area (Å²) < 4.78 is 24.0. The molecule has 5 nitrogen and oxygen atoms in total. The van der Waals surface area contributed by atoms with Gasteiger partial charge in [0.05, 0.1) is 5.25 Å². The van der Waals surface area contributed by atoms with E-state index in [0.29, 0.717) is 25.7 Å². The van der Waals surface area contributed by atoms with Gasteiger partial charge in [-0.25, -0.2) is 8.42 Å². The van der Waals surface area contributed by atoms with Gasteiger partial charge in [0.25, 0.3) is 0 Å². The Morgan fingerprint density at radius 1 is 1.33 bits per heavy atom. The van der Waals surface area contributed by atoms with Gasteiger partial charge in [0.2, 0.25) is 5.91 Å². The number of hydrogen-bond acceptors (Lipinski definition) is 4. The molecule has 1 aliphatic rings. The van der Waals surface area contributed by atoms with Crippen LogP contribution in [0.1, 0.15) is 33.6 Å². The molecular formula is C12H24N2O3S. The van der Waals surface area contributed by atoms with E-state index in [9.17, 15) is 13.2 Å². The van der Waals surface area contributed by atoms with Gasteiger partial charge in [-0.15, -0.1) is 0 Å². The fraction of sp³-hybridized carbons (Fsp3) is 0.917. The first-order valence-electron chi connectivity index (χ1n) is 6.63. The molecule has 0 spiro atoms. The third-order valence-electron chi connectivity index (χ3n) is 3.33. The Hall–Kier alpha value is -0.620. The van der Waals surface area contributed by atoms with E-state index in [1.54, 1.807) is 11.8 Å². The zero-order chi connectivity index (χ0) is 13.8. The first kappa shape index (κ1) is 15.4. The lowest BCUT2D eigenvalue weighted by Crippen LogP contribution is -2.40. The van der Waals surface area contributed by atoms with Crippen molar-refractivity contribution in [3.63, 3.8) is 0 Å². The summed E-state index contributed by atoms with van der Waals surface area (Å²) in [6, 6.07) is 0.487. The lowest BCUT2D eigenvalue weighted by Gasteiger charge is -2.20. The van der Waals surface area contributed by atoms with Gasteiger partial charge in [0, 0.05) is 25.7 Å². The van der Waals surface area contributed by atoms with Crippen molar-refractivity contribution in [3.05, 3.63) is 0 Å². The smallest absolute Gasteiger partial charge is 0.237 e. The van der Waals surface area contributed by atoms with Gasteiger partial charge < -0.3 is 10.2 Å². The average Bonchev–Trinajstić information content (AvgIpc) is 3.10. The predicted molar refractivity (Wildman–Crippen MR) is 72.2 cm³/mol. The Balaban J connectivity index is 2.48. The van der Waals surface area contributed by atoms with E-state index in [0.717, 1.165) is 12.8 Å². The zero-order valence-electron chi connectivity index (χ0n) is 11.5. The minimum absolute atomic E-state index is 0.293. The lowest BCUT2D eigenvalue weighted by molar-refractivity contribution is -0.128. The second-order valence-electron chi connectivity index (χ2n) is 4.87. The minimum Gasteiger partial charge on any atom is -0.342 e. The Bertz CT molecular complexity index is 373. The molecule has 106 valence electrons. The van der Waals surface area contributed by atoms with Gasteiger partial charge in [0.15, 0.2) is 9.84 Å². The summed E-state index contributed by atoms with van der Waals surface area (Å²) in [7, 11) is -3.35. The van der Waals surface area contributed by atoms with Crippen LogP contribution in [0.5, 0.6) is 0 Å². The first-order valence-corrected chi connectivity index (χ1v) is 8.35. The summed E-state index contributed by atoms with van der Waals surface area (Å²) in [4.78, 5) is 13.4. The monoisotopic (exact) mass is 276 g/mol. The quantitative estimate of drug-likeness (QED) is 0.697. The number of amides is 1. The van der Waals surface area contributed by atoms with Crippen LogP contribution in [0.4, 0.5) is 0 Å². The number of nitrogens with zero attached hydrogens (tertiary/aromatic N) is 1. The molecule has 0 aromatic carbocycles. The molecule has 1 fully saturated rings. The molecule has 0 aromatic rings. The van der Waals surface area contributed by atoms with E-state index < -0.39 is 15.1 Å². The molecule has 1 N–H and O–H groups in total. The molecule has 6 heteroatoms. The van der Waals surface area contributed by atoms with Gasteiger partial charge >= 0.3 is 0 Å². The molecule has 0 saturated heterocycles. The highest BCUT2D eigenvalue weighted by Crippen LogP contribution is 2.18. The van der Waals surface area contributed by atoms with Crippen molar-refractivity contribution >= 4 is 15.7 Å². The van der Waals surface area contributed by atoms with Crippen molar-refractivity contribution in [2.24, 2.45) is 0 Å². The van der Waals surface area contributed by atoms with Gasteiger partial charge in [-0.2, -0.15) is 0 Å². The third-order valence-corrected chi connectivity index (χ3v) is 5.37. The van der Waals surface area contributed by atoms with Crippen LogP contribution in [0.2, 0.25) is 0 Å². The Labute approximate surface area is 110 Å². The van der Waals surface area contributed by atoms with Gasteiger partial charge in [-0.3, -0.25) is 4.79 Å². The molecule has 1 saturated carbocycles. The van der Waals surface area contributed by atoms with Crippen LogP contribution in [0.25, 0.3) is 0 Å². The second kappa shape index (κ2) is 6.52. The number of rotatable bonds is 8. The normalized spacial score (nSPS) is 17.5. The van der Waals surface area contributed by atoms with Crippen LogP contribution < -0.4 is 5.32 Å². The maximum absolute atomic E-state index is 12.0. The van der Waals surface area contributed by atoms with Crippen molar-refractivity contribution in [2.45, 2.75) is 44.9 Å². The highest BCUT2D eigenvalue weighted by molar-refractivity contribution is 7.92. The molecule has 1 rings (SSSR count). The fourth-order valence-corrected chi connectivity index (χ4v) is 2.89. The van der Waals surface area contributed by atoms with Crippen molar-refractivity contribution in [2.75, 3.05) is 25.4 Å². The van der Waals surface area contributed by atoms with E-state index in [1.807, 2.05) is 13.8 Å². The third kappa shape index (κ3) is 4.57. The molecule has 0 heterocycles. The predicted octanol–water partition coefficient (Wildman–Crippen LogP) is 0.410. The largest absolute Gasteiger partial charge is 0.342 e. The van der Waals surface area contributed by atoms with E-state index in [-0.39, 0.29) is 11.7 Å². The Morgan fingerprint density at radius 3 is 2.33 bits per heavy atom.